The van der Waals surface area contributed by atoms with Crippen LogP contribution in [0.1, 0.15) is 16.8 Å². The monoisotopic (exact) mass is 303 g/mol. The number of benzene rings is 1. The summed E-state index contributed by atoms with van der Waals surface area (Å²) in [7, 11) is 5.50. The number of hydrogen-bond acceptors (Lipinski definition) is 4. The van der Waals surface area contributed by atoms with Crippen LogP contribution in [0.2, 0.25) is 0 Å². The number of nitrogens with zero attached hydrogens (tertiary/aromatic N) is 1. The summed E-state index contributed by atoms with van der Waals surface area (Å²) in [6, 6.07) is 6.35. The molecule has 0 aromatic heterocycles. The average molecular weight is 304 g/mol. The number of carbonyl (C=O) groups excluding carboxylic acids is 1. The van der Waals surface area contributed by atoms with Crippen LogP contribution in [0, 0.1) is 0 Å². The highest BCUT2D eigenvalue weighted by molar-refractivity contribution is 8.19. The van der Waals surface area contributed by atoms with Crippen LogP contribution in [0.25, 0.3) is 0 Å². The number of hydrogen-bond donors (Lipinski definition) is 2. The lowest BCUT2D eigenvalue weighted by molar-refractivity contribution is -0.147. The number of amides is 1. The smallest absolute Gasteiger partial charge is 0.328 e. The Bertz CT molecular complexity index is 481. The summed E-state index contributed by atoms with van der Waals surface area (Å²) in [5.74, 6) is -3.42. The Kier molecular flexibility index (Phi) is 5.65. The third kappa shape index (κ3) is 4.15. The molecule has 0 aliphatic carbocycles. The van der Waals surface area contributed by atoms with Gasteiger partial charge in [-0.2, -0.15) is 0 Å². The summed E-state index contributed by atoms with van der Waals surface area (Å²) in [6.45, 7) is 0. The van der Waals surface area contributed by atoms with Crippen molar-refractivity contribution in [3.8, 4) is 0 Å². The molecule has 1 aromatic carbocycles. The maximum absolute atomic E-state index is 12.1. The molecule has 0 bridgehead atoms. The number of carboxylic acids is 2. The van der Waals surface area contributed by atoms with Gasteiger partial charge in [-0.1, -0.05) is 18.2 Å². The van der Waals surface area contributed by atoms with Crippen molar-refractivity contribution in [2.24, 2.45) is 0 Å². The van der Waals surface area contributed by atoms with Gasteiger partial charge in [0, 0.05) is 5.56 Å². The van der Waals surface area contributed by atoms with Crippen LogP contribution in [0.3, 0.4) is 0 Å². The van der Waals surface area contributed by atoms with E-state index in [9.17, 15) is 14.4 Å². The summed E-state index contributed by atoms with van der Waals surface area (Å²) in [5.41, 5.74) is 0.229. The fourth-order valence-electron chi connectivity index (χ4n) is 1.36. The Balaban J connectivity index is 3.00. The van der Waals surface area contributed by atoms with Crippen LogP contribution in [-0.2, 0) is 9.59 Å². The molecule has 1 rings (SSSR count). The first kappa shape index (κ1) is 15.3. The van der Waals surface area contributed by atoms with Crippen LogP contribution in [-0.4, -0.2) is 38.4 Å². The van der Waals surface area contributed by atoms with Crippen molar-refractivity contribution in [3.63, 3.8) is 0 Å². The summed E-state index contributed by atoms with van der Waals surface area (Å²) < 4.78 is 0.730. The number of aliphatic carboxylic acids is 2. The second-order valence-electron chi connectivity index (χ2n) is 3.52. The van der Waals surface area contributed by atoms with Gasteiger partial charge in [0.25, 0.3) is 5.91 Å². The number of carboxylic acid groups (broad SMARTS) is 2. The van der Waals surface area contributed by atoms with Crippen LogP contribution < -0.4 is 0 Å². The molecule has 0 fully saturated rings. The fraction of sp³-hybridized carbons (Fsp3) is 0.182. The number of halogens is 1. The molecule has 0 radical (unpaired) electrons. The van der Waals surface area contributed by atoms with E-state index in [0.29, 0.717) is 11.2 Å². The van der Waals surface area contributed by atoms with Crippen molar-refractivity contribution in [1.82, 2.24) is 4.31 Å². The summed E-state index contributed by atoms with van der Waals surface area (Å²) in [5, 5.41) is 17.7. The first-order chi connectivity index (χ1) is 8.97. The SMILES string of the molecule is O=C(O)CC(C(=O)O)N(SCl)C(=O)c1ccccc1. The van der Waals surface area contributed by atoms with Crippen molar-refractivity contribution in [1.29, 1.82) is 0 Å². The molecule has 102 valence electrons. The lowest BCUT2D eigenvalue weighted by Gasteiger charge is -2.23. The van der Waals surface area contributed by atoms with Crippen molar-refractivity contribution in [2.45, 2.75) is 12.5 Å². The van der Waals surface area contributed by atoms with Crippen LogP contribution >= 0.6 is 21.8 Å². The standard InChI is InChI=1S/C11H10ClNO5S/c12-19-13(8(11(17)18)6-9(14)15)10(16)7-4-2-1-3-5-7/h1-5,8H,6H2,(H,14,15)(H,17,18). The van der Waals surface area contributed by atoms with E-state index in [2.05, 4.69) is 0 Å². The zero-order valence-corrected chi connectivity index (χ0v) is 11.1. The molecule has 0 spiro atoms. The Morgan fingerprint density at radius 2 is 1.79 bits per heavy atom. The largest absolute Gasteiger partial charge is 0.481 e. The molecular weight excluding hydrogens is 294 g/mol. The minimum Gasteiger partial charge on any atom is -0.481 e. The lowest BCUT2D eigenvalue weighted by atomic mass is 10.1. The topological polar surface area (TPSA) is 94.9 Å². The Hall–Kier alpha value is -1.73. The second kappa shape index (κ2) is 7.01. The van der Waals surface area contributed by atoms with E-state index in [4.69, 9.17) is 20.9 Å². The van der Waals surface area contributed by atoms with Gasteiger partial charge < -0.3 is 10.2 Å². The van der Waals surface area contributed by atoms with E-state index in [1.807, 2.05) is 0 Å². The number of rotatable bonds is 6. The van der Waals surface area contributed by atoms with Gasteiger partial charge in [-0.25, -0.2) is 4.79 Å². The molecule has 1 atom stereocenters. The van der Waals surface area contributed by atoms with Crippen molar-refractivity contribution >= 4 is 39.7 Å². The molecule has 1 amide bonds. The maximum atomic E-state index is 12.1. The predicted molar refractivity (Wildman–Crippen MR) is 69.7 cm³/mol. The van der Waals surface area contributed by atoms with Crippen molar-refractivity contribution in [2.75, 3.05) is 0 Å². The maximum Gasteiger partial charge on any atom is 0.328 e. The van der Waals surface area contributed by atoms with Gasteiger partial charge in [-0.15, -0.1) is 0 Å². The molecule has 0 saturated carbocycles. The average Bonchev–Trinajstić information content (AvgIpc) is 2.38. The first-order valence-corrected chi connectivity index (χ1v) is 6.69. The molecule has 0 aliphatic rings. The third-order valence-electron chi connectivity index (χ3n) is 2.23. The van der Waals surface area contributed by atoms with Crippen molar-refractivity contribution < 1.29 is 24.6 Å². The summed E-state index contributed by atoms with van der Waals surface area (Å²) >= 11 is 0.363. The minimum absolute atomic E-state index is 0.229. The van der Waals surface area contributed by atoms with E-state index in [0.717, 1.165) is 4.31 Å². The van der Waals surface area contributed by atoms with Gasteiger partial charge in [0.1, 0.15) is 0 Å². The fourth-order valence-corrected chi connectivity index (χ4v) is 2.27. The van der Waals surface area contributed by atoms with Crippen LogP contribution in [0.5, 0.6) is 0 Å². The summed E-state index contributed by atoms with van der Waals surface area (Å²) in [4.78, 5) is 33.7. The molecule has 2 N–H and O–H groups in total. The van der Waals surface area contributed by atoms with E-state index in [1.165, 1.54) is 12.1 Å². The van der Waals surface area contributed by atoms with Gasteiger partial charge in [0.15, 0.2) is 6.04 Å². The lowest BCUT2D eigenvalue weighted by Crippen LogP contribution is -2.41. The molecule has 1 aromatic rings. The number of carbonyl (C=O) groups is 3. The Morgan fingerprint density at radius 3 is 2.21 bits per heavy atom. The van der Waals surface area contributed by atoms with Gasteiger partial charge in [0.05, 0.1) is 17.6 Å². The molecule has 0 aliphatic heterocycles. The van der Waals surface area contributed by atoms with Crippen molar-refractivity contribution in [3.05, 3.63) is 35.9 Å². The summed E-state index contributed by atoms with van der Waals surface area (Å²) in [6.07, 6.45) is -0.729. The minimum atomic E-state index is -1.53. The Labute approximate surface area is 117 Å². The predicted octanol–water partition coefficient (Wildman–Crippen LogP) is 1.86. The third-order valence-corrected chi connectivity index (χ3v) is 3.25. The van der Waals surface area contributed by atoms with E-state index in [-0.39, 0.29) is 5.56 Å². The normalized spacial score (nSPS) is 11.6. The molecular formula is C11H10ClNO5S. The highest BCUT2D eigenvalue weighted by atomic mass is 35.7. The highest BCUT2D eigenvalue weighted by Gasteiger charge is 2.33. The van der Waals surface area contributed by atoms with Gasteiger partial charge in [0.2, 0.25) is 0 Å². The zero-order chi connectivity index (χ0) is 14.4. The molecule has 8 heteroatoms. The van der Waals surface area contributed by atoms with E-state index in [1.54, 1.807) is 18.2 Å². The van der Waals surface area contributed by atoms with Crippen LogP contribution in [0.15, 0.2) is 30.3 Å². The van der Waals surface area contributed by atoms with Gasteiger partial charge in [-0.3, -0.25) is 13.9 Å². The molecule has 6 nitrogen and oxygen atoms in total. The first-order valence-electron chi connectivity index (χ1n) is 5.09. The van der Waals surface area contributed by atoms with Gasteiger partial charge >= 0.3 is 11.9 Å². The van der Waals surface area contributed by atoms with Crippen LogP contribution in [0.4, 0.5) is 0 Å². The molecule has 0 heterocycles. The quantitative estimate of drug-likeness (QED) is 0.779. The van der Waals surface area contributed by atoms with E-state index < -0.39 is 30.3 Å². The molecule has 19 heavy (non-hydrogen) atoms. The second-order valence-corrected chi connectivity index (χ2v) is 4.46. The Morgan fingerprint density at radius 1 is 1.21 bits per heavy atom. The van der Waals surface area contributed by atoms with E-state index >= 15 is 0 Å². The highest BCUT2D eigenvalue weighted by Crippen LogP contribution is 2.24. The zero-order valence-electron chi connectivity index (χ0n) is 9.52. The molecule has 1 unspecified atom stereocenters. The van der Waals surface area contributed by atoms with Gasteiger partial charge in [-0.05, 0) is 22.8 Å². The molecule has 0 saturated heterocycles.